The summed E-state index contributed by atoms with van der Waals surface area (Å²) in [6.45, 7) is 4.30. The summed E-state index contributed by atoms with van der Waals surface area (Å²) >= 11 is 6.00. The highest BCUT2D eigenvalue weighted by Crippen LogP contribution is 2.28. The number of pyridine rings is 1. The van der Waals surface area contributed by atoms with Gasteiger partial charge in [-0.3, -0.25) is 0 Å². The Morgan fingerprint density at radius 1 is 1.57 bits per heavy atom. The first kappa shape index (κ1) is 9.97. The Labute approximate surface area is 90.5 Å². The third-order valence-corrected chi connectivity index (χ3v) is 3.58. The molecule has 0 spiro atoms. The van der Waals surface area contributed by atoms with Crippen LogP contribution in [-0.4, -0.2) is 4.98 Å². The zero-order valence-electron chi connectivity index (χ0n) is 8.81. The lowest BCUT2D eigenvalue weighted by molar-refractivity contribution is 0.439. The monoisotopic (exact) mass is 209 g/mol. The van der Waals surface area contributed by atoms with Crippen LogP contribution in [0.5, 0.6) is 0 Å². The molecular weight excluding hydrogens is 194 g/mol. The molecule has 0 bridgehead atoms. The summed E-state index contributed by atoms with van der Waals surface area (Å²) in [6.07, 6.45) is 4.85. The van der Waals surface area contributed by atoms with Crippen LogP contribution in [0.2, 0.25) is 5.15 Å². The van der Waals surface area contributed by atoms with E-state index in [1.807, 2.05) is 6.92 Å². The molecule has 0 radical (unpaired) electrons. The zero-order chi connectivity index (χ0) is 10.1. The van der Waals surface area contributed by atoms with Gasteiger partial charge in [0.2, 0.25) is 0 Å². The van der Waals surface area contributed by atoms with E-state index in [-0.39, 0.29) is 0 Å². The largest absolute Gasteiger partial charge is 0.241 e. The van der Waals surface area contributed by atoms with Gasteiger partial charge in [-0.15, -0.1) is 0 Å². The Morgan fingerprint density at radius 3 is 3.07 bits per heavy atom. The van der Waals surface area contributed by atoms with Gasteiger partial charge in [-0.05, 0) is 43.2 Å². The van der Waals surface area contributed by atoms with E-state index < -0.39 is 0 Å². The summed E-state index contributed by atoms with van der Waals surface area (Å²) < 4.78 is 0. The van der Waals surface area contributed by atoms with Crippen molar-refractivity contribution in [2.45, 2.75) is 39.5 Å². The quantitative estimate of drug-likeness (QED) is 0.645. The van der Waals surface area contributed by atoms with Crippen LogP contribution < -0.4 is 0 Å². The number of rotatable bonds is 1. The third-order valence-electron chi connectivity index (χ3n) is 3.20. The predicted molar refractivity (Wildman–Crippen MR) is 59.8 cm³/mol. The summed E-state index contributed by atoms with van der Waals surface area (Å²) in [4.78, 5) is 4.45. The van der Waals surface area contributed by atoms with Crippen LogP contribution in [0.25, 0.3) is 0 Å². The molecule has 0 saturated carbocycles. The van der Waals surface area contributed by atoms with E-state index in [9.17, 15) is 0 Å². The molecule has 0 amide bonds. The van der Waals surface area contributed by atoms with Gasteiger partial charge < -0.3 is 0 Å². The second-order valence-corrected chi connectivity index (χ2v) is 4.58. The first-order valence-corrected chi connectivity index (χ1v) is 5.73. The molecule has 76 valence electrons. The molecule has 1 aromatic heterocycles. The van der Waals surface area contributed by atoms with Gasteiger partial charge in [-0.1, -0.05) is 31.0 Å². The molecule has 0 saturated heterocycles. The Hall–Kier alpha value is -0.560. The summed E-state index contributed by atoms with van der Waals surface area (Å²) in [7, 11) is 0. The first-order valence-electron chi connectivity index (χ1n) is 5.35. The van der Waals surface area contributed by atoms with E-state index in [0.717, 1.165) is 17.9 Å². The van der Waals surface area contributed by atoms with Crippen molar-refractivity contribution in [1.82, 2.24) is 4.98 Å². The van der Waals surface area contributed by atoms with Crippen molar-refractivity contribution in [2.75, 3.05) is 0 Å². The number of halogens is 1. The van der Waals surface area contributed by atoms with E-state index in [4.69, 9.17) is 11.6 Å². The van der Waals surface area contributed by atoms with Crippen LogP contribution in [0.4, 0.5) is 0 Å². The van der Waals surface area contributed by atoms with Gasteiger partial charge in [-0.25, -0.2) is 4.98 Å². The Kier molecular flexibility index (Phi) is 2.78. The van der Waals surface area contributed by atoms with Crippen LogP contribution in [0.3, 0.4) is 0 Å². The van der Waals surface area contributed by atoms with E-state index in [1.165, 1.54) is 30.5 Å². The van der Waals surface area contributed by atoms with Crippen LogP contribution in [0, 0.1) is 12.8 Å². The Morgan fingerprint density at radius 2 is 2.36 bits per heavy atom. The molecule has 1 aromatic rings. The molecule has 1 nitrogen and oxygen atoms in total. The number of hydrogen-bond acceptors (Lipinski definition) is 1. The third kappa shape index (κ3) is 1.78. The molecule has 0 aromatic carbocycles. The fourth-order valence-electron chi connectivity index (χ4n) is 2.18. The highest BCUT2D eigenvalue weighted by atomic mass is 35.5. The number of aryl methyl sites for hydroxylation is 2. The molecule has 1 heterocycles. The van der Waals surface area contributed by atoms with Crippen molar-refractivity contribution in [3.63, 3.8) is 0 Å². The summed E-state index contributed by atoms with van der Waals surface area (Å²) in [5.74, 6) is 0.852. The van der Waals surface area contributed by atoms with Crippen LogP contribution in [0.15, 0.2) is 6.07 Å². The van der Waals surface area contributed by atoms with Crippen molar-refractivity contribution in [3.05, 3.63) is 28.0 Å². The second-order valence-electron chi connectivity index (χ2n) is 4.22. The molecule has 0 aliphatic heterocycles. The molecule has 1 unspecified atom stereocenters. The number of hydrogen-bond donors (Lipinski definition) is 0. The lowest BCUT2D eigenvalue weighted by Gasteiger charge is -2.23. The zero-order valence-corrected chi connectivity index (χ0v) is 9.56. The summed E-state index contributed by atoms with van der Waals surface area (Å²) in [6, 6.07) is 2.21. The summed E-state index contributed by atoms with van der Waals surface area (Å²) in [5, 5.41) is 0.679. The predicted octanol–water partition coefficient (Wildman–Crippen LogP) is 3.56. The van der Waals surface area contributed by atoms with Crippen LogP contribution in [0.1, 0.15) is 36.6 Å². The van der Waals surface area contributed by atoms with Gasteiger partial charge in [0, 0.05) is 5.69 Å². The van der Waals surface area contributed by atoms with Crippen molar-refractivity contribution in [1.29, 1.82) is 0 Å². The molecule has 0 N–H and O–H groups in total. The molecule has 1 aliphatic rings. The van der Waals surface area contributed by atoms with Gasteiger partial charge in [0.25, 0.3) is 0 Å². The van der Waals surface area contributed by atoms with Crippen molar-refractivity contribution < 1.29 is 0 Å². The van der Waals surface area contributed by atoms with Crippen LogP contribution in [-0.2, 0) is 12.8 Å². The topological polar surface area (TPSA) is 12.9 Å². The standard InChI is InChI=1S/C12H16ClN/c1-3-9-4-5-11-10(7-9)6-8(2)12(13)14-11/h6,9H,3-5,7H2,1-2H3. The second kappa shape index (κ2) is 3.90. The average molecular weight is 210 g/mol. The highest BCUT2D eigenvalue weighted by molar-refractivity contribution is 6.30. The highest BCUT2D eigenvalue weighted by Gasteiger charge is 2.19. The van der Waals surface area contributed by atoms with Crippen molar-refractivity contribution in [3.8, 4) is 0 Å². The maximum absolute atomic E-state index is 6.00. The van der Waals surface area contributed by atoms with E-state index in [2.05, 4.69) is 18.0 Å². The first-order chi connectivity index (χ1) is 6.70. The molecule has 0 fully saturated rings. The van der Waals surface area contributed by atoms with Crippen molar-refractivity contribution >= 4 is 11.6 Å². The normalized spacial score (nSPS) is 20.6. The molecule has 14 heavy (non-hydrogen) atoms. The number of fused-ring (bicyclic) bond motifs is 1. The molecule has 1 atom stereocenters. The smallest absolute Gasteiger partial charge is 0.132 e. The minimum atomic E-state index is 0.679. The lowest BCUT2D eigenvalue weighted by Crippen LogP contribution is -2.15. The van der Waals surface area contributed by atoms with Gasteiger partial charge >= 0.3 is 0 Å². The fraction of sp³-hybridized carbons (Fsp3) is 0.583. The Balaban J connectivity index is 2.33. The maximum Gasteiger partial charge on any atom is 0.132 e. The molecule has 2 heteroatoms. The number of aromatic nitrogens is 1. The van der Waals surface area contributed by atoms with Gasteiger partial charge in [0.05, 0.1) is 0 Å². The lowest BCUT2D eigenvalue weighted by atomic mass is 9.85. The van der Waals surface area contributed by atoms with Crippen molar-refractivity contribution in [2.24, 2.45) is 5.92 Å². The maximum atomic E-state index is 6.00. The molecular formula is C12H16ClN. The fourth-order valence-corrected chi connectivity index (χ4v) is 2.33. The van der Waals surface area contributed by atoms with E-state index in [0.29, 0.717) is 5.15 Å². The minimum absolute atomic E-state index is 0.679. The SMILES string of the molecule is CCC1CCc2nc(Cl)c(C)cc2C1. The van der Waals surface area contributed by atoms with Crippen LogP contribution >= 0.6 is 11.6 Å². The van der Waals surface area contributed by atoms with Gasteiger partial charge in [0.1, 0.15) is 5.15 Å². The summed E-state index contributed by atoms with van der Waals surface area (Å²) in [5.41, 5.74) is 3.76. The van der Waals surface area contributed by atoms with E-state index >= 15 is 0 Å². The Bertz CT molecular complexity index is 346. The van der Waals surface area contributed by atoms with Gasteiger partial charge in [-0.2, -0.15) is 0 Å². The number of nitrogens with zero attached hydrogens (tertiary/aromatic N) is 1. The van der Waals surface area contributed by atoms with E-state index in [1.54, 1.807) is 0 Å². The van der Waals surface area contributed by atoms with Gasteiger partial charge in [0.15, 0.2) is 0 Å². The average Bonchev–Trinajstić information content (AvgIpc) is 2.19. The molecule has 2 rings (SSSR count). The molecule has 1 aliphatic carbocycles. The minimum Gasteiger partial charge on any atom is -0.241 e.